The Kier molecular flexibility index (Phi) is 4.90. The summed E-state index contributed by atoms with van der Waals surface area (Å²) in [5.74, 6) is -1.32. The molecule has 1 aromatic carbocycles. The molecule has 122 valence electrons. The first kappa shape index (κ1) is 16.8. The number of aromatic carboxylic acids is 1. The average molecular weight is 338 g/mol. The second-order valence-corrected chi connectivity index (χ2v) is 5.57. The number of carboxylic acid groups (broad SMARTS) is 1. The Morgan fingerprint density at radius 3 is 2.65 bits per heavy atom. The minimum absolute atomic E-state index is 0.0484. The van der Waals surface area contributed by atoms with Gasteiger partial charge in [0.25, 0.3) is 5.91 Å². The predicted molar refractivity (Wildman–Crippen MR) is 85.3 cm³/mol. The number of carbonyl (C=O) groups excluding carboxylic acids is 1. The van der Waals surface area contributed by atoms with Crippen LogP contribution in [0.3, 0.4) is 0 Å². The number of anilines is 1. The van der Waals surface area contributed by atoms with E-state index >= 15 is 0 Å². The molecular weight excluding hydrogens is 322 g/mol. The predicted octanol–water partition coefficient (Wildman–Crippen LogP) is 2.81. The monoisotopic (exact) mass is 337 g/mol. The maximum absolute atomic E-state index is 12.3. The molecule has 2 aromatic rings. The van der Waals surface area contributed by atoms with E-state index in [0.717, 1.165) is 6.20 Å². The molecule has 0 aliphatic heterocycles. The van der Waals surface area contributed by atoms with E-state index < -0.39 is 11.9 Å². The number of aryl methyl sites for hydroxylation is 1. The lowest BCUT2D eigenvalue weighted by molar-refractivity contribution is 0.0692. The maximum atomic E-state index is 12.3. The molecule has 0 aliphatic carbocycles. The summed E-state index contributed by atoms with van der Waals surface area (Å²) in [5, 5.41) is 15.9. The number of carbonyl (C=O) groups is 2. The molecule has 7 nitrogen and oxygen atoms in total. The minimum atomic E-state index is -1.22. The fourth-order valence-corrected chi connectivity index (χ4v) is 2.25. The van der Waals surface area contributed by atoms with Gasteiger partial charge in [0.15, 0.2) is 0 Å². The first-order valence-corrected chi connectivity index (χ1v) is 7.19. The van der Waals surface area contributed by atoms with E-state index in [0.29, 0.717) is 16.5 Å². The molecule has 0 fully saturated rings. The summed E-state index contributed by atoms with van der Waals surface area (Å²) in [6.07, 6.45) is 1.08. The number of benzene rings is 1. The molecule has 2 N–H and O–H groups in total. The highest BCUT2D eigenvalue weighted by Gasteiger charge is 2.22. The van der Waals surface area contributed by atoms with Crippen molar-refractivity contribution in [1.29, 1.82) is 0 Å². The van der Waals surface area contributed by atoms with E-state index in [1.165, 1.54) is 11.7 Å². The van der Waals surface area contributed by atoms with Crippen LogP contribution in [0.4, 0.5) is 5.69 Å². The van der Waals surface area contributed by atoms with Gasteiger partial charge in [-0.2, -0.15) is 5.10 Å². The third kappa shape index (κ3) is 4.01. The molecule has 1 aromatic heterocycles. The van der Waals surface area contributed by atoms with Crippen molar-refractivity contribution in [3.63, 3.8) is 0 Å². The van der Waals surface area contributed by atoms with Crippen molar-refractivity contribution >= 4 is 29.2 Å². The number of carboxylic acids is 1. The van der Waals surface area contributed by atoms with E-state index in [1.54, 1.807) is 18.2 Å². The zero-order valence-electron chi connectivity index (χ0n) is 12.8. The summed E-state index contributed by atoms with van der Waals surface area (Å²) in [5.41, 5.74) is 0.171. The van der Waals surface area contributed by atoms with Crippen molar-refractivity contribution < 1.29 is 19.4 Å². The van der Waals surface area contributed by atoms with E-state index in [1.807, 2.05) is 13.8 Å². The summed E-state index contributed by atoms with van der Waals surface area (Å²) in [6.45, 7) is 3.74. The number of hydrogen-bond acceptors (Lipinski definition) is 4. The van der Waals surface area contributed by atoms with Gasteiger partial charge in [0.05, 0.1) is 12.3 Å². The molecular formula is C15H16ClN3O4. The summed E-state index contributed by atoms with van der Waals surface area (Å²) in [6, 6.07) is 4.79. The average Bonchev–Trinajstić information content (AvgIpc) is 2.79. The van der Waals surface area contributed by atoms with Crippen molar-refractivity contribution in [2.24, 2.45) is 7.05 Å². The van der Waals surface area contributed by atoms with Gasteiger partial charge in [-0.3, -0.25) is 9.48 Å². The fourth-order valence-electron chi connectivity index (χ4n) is 2.03. The second-order valence-electron chi connectivity index (χ2n) is 5.13. The van der Waals surface area contributed by atoms with E-state index in [-0.39, 0.29) is 17.4 Å². The molecule has 0 saturated heterocycles. The fraction of sp³-hybridized carbons (Fsp3) is 0.267. The lowest BCUT2D eigenvalue weighted by Crippen LogP contribution is -2.19. The molecule has 1 amide bonds. The van der Waals surface area contributed by atoms with Crippen LogP contribution in [0.25, 0.3) is 0 Å². The number of hydrogen-bond donors (Lipinski definition) is 2. The maximum Gasteiger partial charge on any atom is 0.339 e. The summed E-state index contributed by atoms with van der Waals surface area (Å²) >= 11 is 6.01. The Bertz CT molecular complexity index is 755. The Morgan fingerprint density at radius 1 is 1.35 bits per heavy atom. The van der Waals surface area contributed by atoms with Crippen LogP contribution < -0.4 is 10.1 Å². The van der Waals surface area contributed by atoms with Crippen LogP contribution in [-0.4, -0.2) is 32.9 Å². The first-order valence-electron chi connectivity index (χ1n) is 6.82. The van der Waals surface area contributed by atoms with Gasteiger partial charge in [-0.15, -0.1) is 0 Å². The van der Waals surface area contributed by atoms with Gasteiger partial charge in [0.1, 0.15) is 17.0 Å². The molecule has 2 rings (SSSR count). The lowest BCUT2D eigenvalue weighted by atomic mass is 10.2. The van der Waals surface area contributed by atoms with Crippen molar-refractivity contribution in [2.45, 2.75) is 20.0 Å². The highest BCUT2D eigenvalue weighted by Crippen LogP contribution is 2.25. The van der Waals surface area contributed by atoms with Gasteiger partial charge in [-0.1, -0.05) is 11.6 Å². The minimum Gasteiger partial charge on any atom is -0.491 e. The van der Waals surface area contributed by atoms with Gasteiger partial charge in [0.2, 0.25) is 0 Å². The van der Waals surface area contributed by atoms with Crippen LogP contribution in [-0.2, 0) is 7.05 Å². The van der Waals surface area contributed by atoms with Gasteiger partial charge in [-0.25, -0.2) is 4.79 Å². The zero-order chi connectivity index (χ0) is 17.1. The number of aromatic nitrogens is 2. The standard InChI is InChI=1S/C15H16ClN3O4/c1-8(2)23-11-5-9(16)4-10(6-11)18-14(20)13-12(15(21)22)7-17-19(13)3/h4-8H,1-3H3,(H,18,20)(H,21,22). The van der Waals surface area contributed by atoms with Crippen LogP contribution in [0.15, 0.2) is 24.4 Å². The van der Waals surface area contributed by atoms with Crippen molar-refractivity contribution in [2.75, 3.05) is 5.32 Å². The van der Waals surface area contributed by atoms with Gasteiger partial charge in [0, 0.05) is 23.8 Å². The summed E-state index contributed by atoms with van der Waals surface area (Å²) in [4.78, 5) is 23.5. The molecule has 0 bridgehead atoms. The molecule has 0 atom stereocenters. The highest BCUT2D eigenvalue weighted by molar-refractivity contribution is 6.31. The lowest BCUT2D eigenvalue weighted by Gasteiger charge is -2.12. The first-order chi connectivity index (χ1) is 10.8. The smallest absolute Gasteiger partial charge is 0.339 e. The quantitative estimate of drug-likeness (QED) is 0.875. The van der Waals surface area contributed by atoms with Crippen LogP contribution in [0, 0.1) is 0 Å². The molecule has 8 heteroatoms. The van der Waals surface area contributed by atoms with E-state index in [2.05, 4.69) is 10.4 Å². The number of amides is 1. The van der Waals surface area contributed by atoms with Gasteiger partial charge < -0.3 is 15.2 Å². The third-order valence-corrected chi connectivity index (χ3v) is 3.10. The van der Waals surface area contributed by atoms with Gasteiger partial charge in [-0.05, 0) is 26.0 Å². The Labute approximate surface area is 137 Å². The molecule has 0 saturated carbocycles. The Morgan fingerprint density at radius 2 is 2.04 bits per heavy atom. The number of halogens is 1. The van der Waals surface area contributed by atoms with Crippen molar-refractivity contribution in [3.05, 3.63) is 40.7 Å². The second kappa shape index (κ2) is 6.70. The third-order valence-electron chi connectivity index (χ3n) is 2.89. The molecule has 1 heterocycles. The zero-order valence-corrected chi connectivity index (χ0v) is 13.6. The SMILES string of the molecule is CC(C)Oc1cc(Cl)cc(NC(=O)c2c(C(=O)O)cnn2C)c1. The van der Waals surface area contributed by atoms with Crippen LogP contribution >= 0.6 is 11.6 Å². The Hall–Kier alpha value is -2.54. The molecule has 0 unspecified atom stereocenters. The normalized spacial score (nSPS) is 10.7. The molecule has 23 heavy (non-hydrogen) atoms. The molecule has 0 radical (unpaired) electrons. The number of ether oxygens (including phenoxy) is 1. The van der Waals surface area contributed by atoms with Crippen LogP contribution in [0.2, 0.25) is 5.02 Å². The van der Waals surface area contributed by atoms with E-state index in [9.17, 15) is 9.59 Å². The summed E-state index contributed by atoms with van der Waals surface area (Å²) < 4.78 is 6.75. The number of nitrogens with one attached hydrogen (secondary N) is 1. The van der Waals surface area contributed by atoms with E-state index in [4.69, 9.17) is 21.4 Å². The largest absolute Gasteiger partial charge is 0.491 e. The number of rotatable bonds is 5. The topological polar surface area (TPSA) is 93.4 Å². The highest BCUT2D eigenvalue weighted by atomic mass is 35.5. The van der Waals surface area contributed by atoms with Gasteiger partial charge >= 0.3 is 5.97 Å². The Balaban J connectivity index is 2.29. The van der Waals surface area contributed by atoms with Crippen molar-refractivity contribution in [3.8, 4) is 5.75 Å². The van der Waals surface area contributed by atoms with Crippen molar-refractivity contribution in [1.82, 2.24) is 9.78 Å². The number of nitrogens with zero attached hydrogens (tertiary/aromatic N) is 2. The van der Waals surface area contributed by atoms with Crippen LogP contribution in [0.1, 0.15) is 34.7 Å². The summed E-state index contributed by atoms with van der Waals surface area (Å²) in [7, 11) is 1.49. The molecule has 0 spiro atoms. The molecule has 0 aliphatic rings. The van der Waals surface area contributed by atoms with Crippen LogP contribution in [0.5, 0.6) is 5.75 Å².